The highest BCUT2D eigenvalue weighted by molar-refractivity contribution is 5.83. The van der Waals surface area contributed by atoms with Crippen LogP contribution in [0.5, 0.6) is 11.5 Å². The second-order valence-corrected chi connectivity index (χ2v) is 6.28. The summed E-state index contributed by atoms with van der Waals surface area (Å²) in [5.74, 6) is -0.752. The standard InChI is InChI=1S/C20H22F3N3O4/c1-26(12-14-5-8-16(29-2)17(9-14)30-19(22)23)18(27)11-25-20(28)24-10-13-3-6-15(21)7-4-13/h3-9,19H,10-12H2,1-2H3,(H2,24,25,28). The summed E-state index contributed by atoms with van der Waals surface area (Å²) < 4.78 is 47.3. The zero-order valence-electron chi connectivity index (χ0n) is 16.5. The Bertz CT molecular complexity index is 863. The predicted octanol–water partition coefficient (Wildman–Crippen LogP) is 2.89. The number of benzene rings is 2. The molecule has 0 heterocycles. The van der Waals surface area contributed by atoms with Crippen molar-refractivity contribution in [1.82, 2.24) is 15.5 Å². The van der Waals surface area contributed by atoms with Crippen LogP contribution in [0.25, 0.3) is 0 Å². The maximum Gasteiger partial charge on any atom is 0.387 e. The minimum Gasteiger partial charge on any atom is -0.493 e. The molecule has 0 aliphatic rings. The van der Waals surface area contributed by atoms with Crippen molar-refractivity contribution in [3.05, 3.63) is 59.4 Å². The number of likely N-dealkylation sites (N-methyl/N-ethyl adjacent to an activating group) is 1. The number of urea groups is 1. The molecule has 162 valence electrons. The van der Waals surface area contributed by atoms with Crippen LogP contribution in [0.1, 0.15) is 11.1 Å². The van der Waals surface area contributed by atoms with Crippen molar-refractivity contribution in [1.29, 1.82) is 0 Å². The van der Waals surface area contributed by atoms with Gasteiger partial charge in [-0.15, -0.1) is 0 Å². The maximum absolute atomic E-state index is 12.9. The number of hydrogen-bond donors (Lipinski definition) is 2. The number of ether oxygens (including phenoxy) is 2. The van der Waals surface area contributed by atoms with E-state index in [1.807, 2.05) is 0 Å². The van der Waals surface area contributed by atoms with Crippen LogP contribution in [0.4, 0.5) is 18.0 Å². The summed E-state index contributed by atoms with van der Waals surface area (Å²) in [6.45, 7) is -2.98. The van der Waals surface area contributed by atoms with Crippen LogP contribution in [0, 0.1) is 5.82 Å². The molecule has 2 aromatic carbocycles. The molecule has 2 aromatic rings. The third kappa shape index (κ3) is 7.19. The Morgan fingerprint density at radius 2 is 1.70 bits per heavy atom. The zero-order chi connectivity index (χ0) is 22.1. The second kappa shape index (κ2) is 10.9. The van der Waals surface area contributed by atoms with Gasteiger partial charge in [-0.2, -0.15) is 8.78 Å². The lowest BCUT2D eigenvalue weighted by Gasteiger charge is -2.19. The molecule has 30 heavy (non-hydrogen) atoms. The van der Waals surface area contributed by atoms with E-state index in [0.29, 0.717) is 11.1 Å². The van der Waals surface area contributed by atoms with E-state index in [0.717, 1.165) is 0 Å². The Morgan fingerprint density at radius 3 is 2.33 bits per heavy atom. The van der Waals surface area contributed by atoms with Gasteiger partial charge in [0.05, 0.1) is 13.7 Å². The summed E-state index contributed by atoms with van der Waals surface area (Å²) >= 11 is 0. The van der Waals surface area contributed by atoms with Gasteiger partial charge in [-0.05, 0) is 35.4 Å². The molecule has 7 nitrogen and oxygen atoms in total. The lowest BCUT2D eigenvalue weighted by Crippen LogP contribution is -2.42. The van der Waals surface area contributed by atoms with Crippen LogP contribution in [0.15, 0.2) is 42.5 Å². The molecule has 3 amide bonds. The van der Waals surface area contributed by atoms with Crippen LogP contribution in [0.3, 0.4) is 0 Å². The highest BCUT2D eigenvalue weighted by Crippen LogP contribution is 2.29. The Kier molecular flexibility index (Phi) is 8.33. The molecular weight excluding hydrogens is 403 g/mol. The fraction of sp³-hybridized carbons (Fsp3) is 0.300. The van der Waals surface area contributed by atoms with Gasteiger partial charge < -0.3 is 25.0 Å². The number of hydrogen-bond acceptors (Lipinski definition) is 4. The van der Waals surface area contributed by atoms with E-state index in [2.05, 4.69) is 15.4 Å². The lowest BCUT2D eigenvalue weighted by molar-refractivity contribution is -0.129. The monoisotopic (exact) mass is 425 g/mol. The molecule has 0 aliphatic carbocycles. The molecule has 2 rings (SSSR count). The highest BCUT2D eigenvalue weighted by Gasteiger charge is 2.15. The SMILES string of the molecule is COc1ccc(CN(C)C(=O)CNC(=O)NCc2ccc(F)cc2)cc1OC(F)F. The molecule has 0 saturated carbocycles. The molecule has 10 heteroatoms. The van der Waals surface area contributed by atoms with Crippen LogP contribution in [-0.2, 0) is 17.9 Å². The van der Waals surface area contributed by atoms with E-state index in [4.69, 9.17) is 4.74 Å². The molecular formula is C20H22F3N3O4. The summed E-state index contributed by atoms with van der Waals surface area (Å²) in [7, 11) is 2.84. The van der Waals surface area contributed by atoms with Crippen LogP contribution in [-0.4, -0.2) is 44.2 Å². The van der Waals surface area contributed by atoms with Crippen molar-refractivity contribution in [2.75, 3.05) is 20.7 Å². The Morgan fingerprint density at radius 1 is 1.03 bits per heavy atom. The fourth-order valence-corrected chi connectivity index (χ4v) is 2.51. The van der Waals surface area contributed by atoms with Crippen LogP contribution in [0.2, 0.25) is 0 Å². The third-order valence-electron chi connectivity index (χ3n) is 4.06. The number of rotatable bonds is 9. The van der Waals surface area contributed by atoms with Gasteiger partial charge in [-0.25, -0.2) is 9.18 Å². The van der Waals surface area contributed by atoms with Gasteiger partial charge in [0.2, 0.25) is 5.91 Å². The molecule has 0 aliphatic heterocycles. The first kappa shape index (κ1) is 22.9. The van der Waals surface area contributed by atoms with Gasteiger partial charge in [0.25, 0.3) is 0 Å². The number of nitrogens with zero attached hydrogens (tertiary/aromatic N) is 1. The molecule has 0 fully saturated rings. The Balaban J connectivity index is 1.82. The first-order valence-electron chi connectivity index (χ1n) is 8.90. The minimum absolute atomic E-state index is 0.112. The quantitative estimate of drug-likeness (QED) is 0.648. The van der Waals surface area contributed by atoms with Crippen molar-refractivity contribution in [2.24, 2.45) is 0 Å². The Labute approximate surface area is 171 Å². The normalized spacial score (nSPS) is 10.5. The van der Waals surface area contributed by atoms with Crippen molar-refractivity contribution in [3.8, 4) is 11.5 Å². The molecule has 0 spiro atoms. The first-order chi connectivity index (χ1) is 14.3. The molecule has 2 N–H and O–H groups in total. The summed E-state index contributed by atoms with van der Waals surface area (Å²) in [6, 6.07) is 9.52. The summed E-state index contributed by atoms with van der Waals surface area (Å²) in [6.07, 6.45) is 0. The topological polar surface area (TPSA) is 79.9 Å². The molecule has 0 bridgehead atoms. The van der Waals surface area contributed by atoms with Crippen molar-refractivity contribution in [3.63, 3.8) is 0 Å². The molecule has 0 radical (unpaired) electrons. The first-order valence-corrected chi connectivity index (χ1v) is 8.90. The number of nitrogens with one attached hydrogen (secondary N) is 2. The maximum atomic E-state index is 12.9. The van der Waals surface area contributed by atoms with Crippen molar-refractivity contribution >= 4 is 11.9 Å². The number of alkyl halides is 2. The minimum atomic E-state index is -3.01. The smallest absolute Gasteiger partial charge is 0.387 e. The number of amides is 3. The van der Waals surface area contributed by atoms with Crippen molar-refractivity contribution < 1.29 is 32.2 Å². The molecule has 0 saturated heterocycles. The van der Waals surface area contributed by atoms with Crippen LogP contribution < -0.4 is 20.1 Å². The molecule has 0 aromatic heterocycles. The van der Waals surface area contributed by atoms with E-state index in [-0.39, 0.29) is 42.9 Å². The molecule has 0 unspecified atom stereocenters. The van der Waals surface area contributed by atoms with Gasteiger partial charge in [-0.3, -0.25) is 4.79 Å². The lowest BCUT2D eigenvalue weighted by atomic mass is 10.2. The van der Waals surface area contributed by atoms with Gasteiger partial charge >= 0.3 is 12.6 Å². The largest absolute Gasteiger partial charge is 0.493 e. The van der Waals surface area contributed by atoms with Gasteiger partial charge in [0, 0.05) is 20.1 Å². The van der Waals surface area contributed by atoms with Gasteiger partial charge in [-0.1, -0.05) is 18.2 Å². The van der Waals surface area contributed by atoms with Gasteiger partial charge in [0.15, 0.2) is 11.5 Å². The van der Waals surface area contributed by atoms with Crippen LogP contribution >= 0.6 is 0 Å². The van der Waals surface area contributed by atoms with Gasteiger partial charge in [0.1, 0.15) is 5.82 Å². The van der Waals surface area contributed by atoms with E-state index in [1.165, 1.54) is 55.5 Å². The van der Waals surface area contributed by atoms with E-state index in [9.17, 15) is 22.8 Å². The average molecular weight is 425 g/mol. The number of halogens is 3. The number of methoxy groups -OCH3 is 1. The fourth-order valence-electron chi connectivity index (χ4n) is 2.51. The van der Waals surface area contributed by atoms with E-state index >= 15 is 0 Å². The van der Waals surface area contributed by atoms with E-state index < -0.39 is 12.6 Å². The summed E-state index contributed by atoms with van der Waals surface area (Å²) in [5, 5.41) is 4.98. The average Bonchev–Trinajstić information content (AvgIpc) is 2.71. The Hall–Kier alpha value is -3.43. The summed E-state index contributed by atoms with van der Waals surface area (Å²) in [4.78, 5) is 25.4. The zero-order valence-corrected chi connectivity index (χ0v) is 16.5. The summed E-state index contributed by atoms with van der Waals surface area (Å²) in [5.41, 5.74) is 1.25. The van der Waals surface area contributed by atoms with Crippen molar-refractivity contribution in [2.45, 2.75) is 19.7 Å². The number of carbonyl (C=O) groups excluding carboxylic acids is 2. The predicted molar refractivity (Wildman–Crippen MR) is 103 cm³/mol. The van der Waals surface area contributed by atoms with E-state index in [1.54, 1.807) is 6.07 Å². The number of carbonyl (C=O) groups is 2. The third-order valence-corrected chi connectivity index (χ3v) is 4.06. The molecule has 0 atom stereocenters. The highest BCUT2D eigenvalue weighted by atomic mass is 19.3. The second-order valence-electron chi connectivity index (χ2n) is 6.28.